The van der Waals surface area contributed by atoms with Gasteiger partial charge in [-0.2, -0.15) is 5.10 Å². The van der Waals surface area contributed by atoms with Gasteiger partial charge in [-0.1, -0.05) is 0 Å². The van der Waals surface area contributed by atoms with Crippen LogP contribution in [-0.2, 0) is 18.4 Å². The highest BCUT2D eigenvalue weighted by atomic mass is 35.5. The predicted octanol–water partition coefficient (Wildman–Crippen LogP) is 2.31. The summed E-state index contributed by atoms with van der Waals surface area (Å²) in [6, 6.07) is 0. The second kappa shape index (κ2) is 5.59. The standard InChI is InChI=1S/C12H19N3.2ClH/c1-2-15-11-10(9-14-15)3-4-12(11)5-7-13-8-6-12;;/h9,13H,2-8H2,1H3;2*1H. The van der Waals surface area contributed by atoms with Gasteiger partial charge in [-0.3, -0.25) is 4.68 Å². The molecule has 0 atom stereocenters. The average molecular weight is 278 g/mol. The second-order valence-electron chi connectivity index (χ2n) is 4.86. The molecule has 98 valence electrons. The van der Waals surface area contributed by atoms with Gasteiger partial charge in [-0.25, -0.2) is 0 Å². The lowest BCUT2D eigenvalue weighted by Gasteiger charge is -2.35. The minimum absolute atomic E-state index is 0. The van der Waals surface area contributed by atoms with Crippen LogP contribution in [0.5, 0.6) is 0 Å². The Morgan fingerprint density at radius 3 is 2.65 bits per heavy atom. The summed E-state index contributed by atoms with van der Waals surface area (Å²) in [6.07, 6.45) is 7.28. The van der Waals surface area contributed by atoms with Crippen molar-refractivity contribution in [3.05, 3.63) is 17.5 Å². The van der Waals surface area contributed by atoms with E-state index in [1.165, 1.54) is 44.3 Å². The third-order valence-corrected chi connectivity index (χ3v) is 4.15. The van der Waals surface area contributed by atoms with Crippen LogP contribution in [0.3, 0.4) is 0 Å². The molecule has 0 saturated carbocycles. The fourth-order valence-corrected chi connectivity index (χ4v) is 3.35. The van der Waals surface area contributed by atoms with Crippen LogP contribution in [-0.4, -0.2) is 22.9 Å². The Morgan fingerprint density at radius 2 is 2.00 bits per heavy atom. The Hall–Kier alpha value is -0.250. The highest BCUT2D eigenvalue weighted by Crippen LogP contribution is 2.44. The summed E-state index contributed by atoms with van der Waals surface area (Å²) in [7, 11) is 0. The predicted molar refractivity (Wildman–Crippen MR) is 74.5 cm³/mol. The van der Waals surface area contributed by atoms with Crippen molar-refractivity contribution in [2.45, 2.75) is 44.6 Å². The Morgan fingerprint density at radius 1 is 1.29 bits per heavy atom. The van der Waals surface area contributed by atoms with Crippen molar-refractivity contribution in [2.75, 3.05) is 13.1 Å². The summed E-state index contributed by atoms with van der Waals surface area (Å²) in [5.41, 5.74) is 3.54. The summed E-state index contributed by atoms with van der Waals surface area (Å²) in [5, 5.41) is 7.97. The summed E-state index contributed by atoms with van der Waals surface area (Å²) < 4.78 is 2.23. The third-order valence-electron chi connectivity index (χ3n) is 4.15. The van der Waals surface area contributed by atoms with E-state index in [2.05, 4.69) is 28.2 Å². The number of rotatable bonds is 1. The first-order valence-corrected chi connectivity index (χ1v) is 6.12. The van der Waals surface area contributed by atoms with E-state index in [0.717, 1.165) is 6.54 Å². The smallest absolute Gasteiger partial charge is 0.0524 e. The summed E-state index contributed by atoms with van der Waals surface area (Å²) in [6.45, 7) is 5.56. The molecule has 5 heteroatoms. The topological polar surface area (TPSA) is 29.9 Å². The molecule has 1 fully saturated rings. The summed E-state index contributed by atoms with van der Waals surface area (Å²) in [5.74, 6) is 0. The Balaban J connectivity index is 0.000000722. The molecule has 3 nitrogen and oxygen atoms in total. The first-order chi connectivity index (χ1) is 7.36. The monoisotopic (exact) mass is 277 g/mol. The van der Waals surface area contributed by atoms with E-state index in [4.69, 9.17) is 0 Å². The number of hydrogen-bond donors (Lipinski definition) is 1. The van der Waals surface area contributed by atoms with E-state index in [1.54, 1.807) is 5.69 Å². The molecule has 3 rings (SSSR count). The number of piperidine rings is 1. The molecule has 1 saturated heterocycles. The second-order valence-corrected chi connectivity index (χ2v) is 4.86. The lowest BCUT2D eigenvalue weighted by atomic mass is 9.76. The molecule has 1 aromatic rings. The van der Waals surface area contributed by atoms with E-state index in [1.807, 2.05) is 0 Å². The Bertz CT molecular complexity index is 370. The van der Waals surface area contributed by atoms with Crippen molar-refractivity contribution in [3.63, 3.8) is 0 Å². The van der Waals surface area contributed by atoms with Gasteiger partial charge < -0.3 is 5.32 Å². The maximum absolute atomic E-state index is 4.50. The van der Waals surface area contributed by atoms with Crippen molar-refractivity contribution < 1.29 is 0 Å². The van der Waals surface area contributed by atoms with Gasteiger partial charge in [0, 0.05) is 17.7 Å². The van der Waals surface area contributed by atoms with E-state index < -0.39 is 0 Å². The number of nitrogens with one attached hydrogen (secondary N) is 1. The van der Waals surface area contributed by atoms with Gasteiger partial charge in [-0.15, -0.1) is 24.8 Å². The fraction of sp³-hybridized carbons (Fsp3) is 0.750. The third kappa shape index (κ3) is 2.20. The van der Waals surface area contributed by atoms with Gasteiger partial charge in [0.25, 0.3) is 0 Å². The van der Waals surface area contributed by atoms with Crippen LogP contribution in [0.2, 0.25) is 0 Å². The maximum Gasteiger partial charge on any atom is 0.0524 e. The lowest BCUT2D eigenvalue weighted by Crippen LogP contribution is -2.39. The summed E-state index contributed by atoms with van der Waals surface area (Å²) in [4.78, 5) is 0. The van der Waals surface area contributed by atoms with Gasteiger partial charge in [0.2, 0.25) is 0 Å². The van der Waals surface area contributed by atoms with Crippen LogP contribution in [0.25, 0.3) is 0 Å². The number of fused-ring (bicyclic) bond motifs is 2. The van der Waals surface area contributed by atoms with Gasteiger partial charge >= 0.3 is 0 Å². The van der Waals surface area contributed by atoms with Crippen LogP contribution in [0.1, 0.15) is 37.4 Å². The number of nitrogens with zero attached hydrogens (tertiary/aromatic N) is 2. The average Bonchev–Trinajstić information content (AvgIpc) is 2.83. The van der Waals surface area contributed by atoms with Crippen molar-refractivity contribution >= 4 is 24.8 Å². The molecule has 0 radical (unpaired) electrons. The molecule has 1 aliphatic carbocycles. The van der Waals surface area contributed by atoms with Crippen LogP contribution < -0.4 is 5.32 Å². The van der Waals surface area contributed by atoms with Gasteiger partial charge in [0.05, 0.1) is 6.20 Å². The van der Waals surface area contributed by atoms with Crippen LogP contribution in [0.15, 0.2) is 6.20 Å². The van der Waals surface area contributed by atoms with Gasteiger partial charge in [0.15, 0.2) is 0 Å². The van der Waals surface area contributed by atoms with E-state index in [9.17, 15) is 0 Å². The zero-order chi connectivity index (χ0) is 10.3. The van der Waals surface area contributed by atoms with Crippen LogP contribution in [0, 0.1) is 0 Å². The van der Waals surface area contributed by atoms with E-state index >= 15 is 0 Å². The molecule has 0 aromatic carbocycles. The molecule has 0 amide bonds. The Kier molecular flexibility index (Phi) is 4.87. The molecule has 2 heterocycles. The highest BCUT2D eigenvalue weighted by Gasteiger charge is 2.42. The zero-order valence-corrected chi connectivity index (χ0v) is 11.9. The normalized spacial score (nSPS) is 20.5. The fourth-order valence-electron chi connectivity index (χ4n) is 3.35. The minimum Gasteiger partial charge on any atom is -0.317 e. The zero-order valence-electron chi connectivity index (χ0n) is 10.2. The van der Waals surface area contributed by atoms with Crippen molar-refractivity contribution in [2.24, 2.45) is 0 Å². The van der Waals surface area contributed by atoms with Crippen LogP contribution >= 0.6 is 24.8 Å². The molecule has 0 bridgehead atoms. The molecule has 1 aromatic heterocycles. The van der Waals surface area contributed by atoms with Crippen LogP contribution in [0.4, 0.5) is 0 Å². The number of hydrogen-bond acceptors (Lipinski definition) is 2. The molecule has 1 spiro atoms. The van der Waals surface area contributed by atoms with E-state index in [-0.39, 0.29) is 24.8 Å². The van der Waals surface area contributed by atoms with Crippen molar-refractivity contribution in [1.82, 2.24) is 15.1 Å². The quantitative estimate of drug-likeness (QED) is 0.854. The van der Waals surface area contributed by atoms with Gasteiger partial charge in [0.1, 0.15) is 0 Å². The molecule has 17 heavy (non-hydrogen) atoms. The maximum atomic E-state index is 4.50. The van der Waals surface area contributed by atoms with E-state index in [0.29, 0.717) is 5.41 Å². The molecule has 1 aliphatic heterocycles. The molecule has 2 aliphatic rings. The highest BCUT2D eigenvalue weighted by molar-refractivity contribution is 5.85. The molecule has 0 unspecified atom stereocenters. The number of aromatic nitrogens is 2. The molecular formula is C12H21Cl2N3. The van der Waals surface area contributed by atoms with Crippen molar-refractivity contribution in [1.29, 1.82) is 0 Å². The van der Waals surface area contributed by atoms with Gasteiger partial charge in [-0.05, 0) is 51.3 Å². The Labute approximate surface area is 115 Å². The largest absolute Gasteiger partial charge is 0.317 e. The number of aryl methyl sites for hydroxylation is 2. The minimum atomic E-state index is 0. The van der Waals surface area contributed by atoms with Crippen molar-refractivity contribution in [3.8, 4) is 0 Å². The molecular weight excluding hydrogens is 257 g/mol. The first-order valence-electron chi connectivity index (χ1n) is 6.12. The first kappa shape index (κ1) is 14.8. The number of halogens is 2. The molecule has 1 N–H and O–H groups in total. The summed E-state index contributed by atoms with van der Waals surface area (Å²) >= 11 is 0. The SMILES string of the molecule is CCn1ncc2c1C1(CCNCC1)CC2.Cl.Cl. The lowest BCUT2D eigenvalue weighted by molar-refractivity contribution is 0.287.